The van der Waals surface area contributed by atoms with Gasteiger partial charge < -0.3 is 36.3 Å². The number of nitrogens with zero attached hydrogens (tertiary/aromatic N) is 1. The molecule has 1 fully saturated rings. The number of carbonyl (C=O) groups excluding carboxylic acids is 1. The van der Waals surface area contributed by atoms with Gasteiger partial charge in [-0.2, -0.15) is 0 Å². The molecule has 2 amide bonds. The summed E-state index contributed by atoms with van der Waals surface area (Å²) in [7, 11) is 3.05. The minimum Gasteiger partial charge on any atom is -0.393 e. The second-order valence-electron chi connectivity index (χ2n) is 8.14. The van der Waals surface area contributed by atoms with Gasteiger partial charge in [-0.1, -0.05) is 0 Å². The van der Waals surface area contributed by atoms with Gasteiger partial charge in [-0.25, -0.2) is 18.0 Å². The third-order valence-corrected chi connectivity index (χ3v) is 5.86. The smallest absolute Gasteiger partial charge is 0.317 e. The summed E-state index contributed by atoms with van der Waals surface area (Å²) in [6, 6.07) is 1.62. The predicted octanol–water partition coefficient (Wildman–Crippen LogP) is 3.04. The first-order valence-electron chi connectivity index (χ1n) is 11.2. The van der Waals surface area contributed by atoms with E-state index in [1.807, 2.05) is 0 Å². The number of carbonyl (C=O) groups is 1. The van der Waals surface area contributed by atoms with Crippen LogP contribution in [-0.4, -0.2) is 69.4 Å². The zero-order chi connectivity index (χ0) is 25.5. The summed E-state index contributed by atoms with van der Waals surface area (Å²) in [5.74, 6) is -1.05. The van der Waals surface area contributed by atoms with E-state index in [0.717, 1.165) is 30.5 Å². The molecule has 2 aliphatic heterocycles. The van der Waals surface area contributed by atoms with Crippen LogP contribution in [-0.2, 0) is 4.74 Å². The van der Waals surface area contributed by atoms with E-state index < -0.39 is 17.8 Å². The van der Waals surface area contributed by atoms with Crippen LogP contribution >= 0.6 is 0 Å². The molecule has 1 aromatic carbocycles. The Hall–Kier alpha value is -3.54. The summed E-state index contributed by atoms with van der Waals surface area (Å²) >= 11 is 0. The number of hydrogen-bond donors (Lipinski definition) is 6. The summed E-state index contributed by atoms with van der Waals surface area (Å²) in [6.07, 6.45) is 0.493. The van der Waals surface area contributed by atoms with Crippen molar-refractivity contribution in [3.05, 3.63) is 46.5 Å². The average Bonchev–Trinajstić information content (AvgIpc) is 3.36. The monoisotopic (exact) mass is 493 g/mol. The molecule has 1 aromatic rings. The quantitative estimate of drug-likeness (QED) is 0.245. The van der Waals surface area contributed by atoms with Gasteiger partial charge in [0.2, 0.25) is 0 Å². The van der Waals surface area contributed by atoms with Crippen LogP contribution in [0.5, 0.6) is 0 Å². The maximum atomic E-state index is 15.0. The number of amides is 2. The number of nitrogens with one attached hydrogen (secondary N) is 6. The van der Waals surface area contributed by atoms with Gasteiger partial charge in [0, 0.05) is 68.5 Å². The second kappa shape index (κ2) is 11.7. The lowest BCUT2D eigenvalue weighted by atomic mass is 9.99. The lowest BCUT2D eigenvalue weighted by molar-refractivity contribution is 0.151. The Kier molecular flexibility index (Phi) is 8.74. The summed E-state index contributed by atoms with van der Waals surface area (Å²) in [5, 5.41) is 27.3. The Balaban J connectivity index is 1.94. The Morgan fingerprint density at radius 3 is 2.69 bits per heavy atom. The van der Waals surface area contributed by atoms with Gasteiger partial charge in [0.05, 0.1) is 24.9 Å². The van der Waals surface area contributed by atoms with Gasteiger partial charge >= 0.3 is 6.03 Å². The Labute approximate surface area is 201 Å². The van der Waals surface area contributed by atoms with Crippen molar-refractivity contribution in [3.8, 4) is 0 Å². The molecule has 2 heterocycles. The largest absolute Gasteiger partial charge is 0.393 e. The molecule has 12 heteroatoms. The van der Waals surface area contributed by atoms with E-state index in [2.05, 4.69) is 21.3 Å². The SMILES string of the molecule is CN/C=C(\C=N)c1cc(F)c(NC(=N)C2=C(N[C@H]3CCOC3)CCN(C(=O)NC)C2)cc1C(F)F. The predicted molar refractivity (Wildman–Crippen MR) is 129 cm³/mol. The number of hydrogen-bond acceptors (Lipinski definition) is 6. The van der Waals surface area contributed by atoms with Gasteiger partial charge in [0.1, 0.15) is 11.7 Å². The lowest BCUT2D eigenvalue weighted by Crippen LogP contribution is -2.46. The molecule has 1 atom stereocenters. The standard InChI is InChI=1S/C23H30F3N7O2/c1-29-10-13(9-27)15-7-18(24)20(8-16(15)21(25)26)32-22(28)17-11-33(23(34)30-2)5-3-19(17)31-14-4-6-35-12-14/h7-10,14,21,27,29,31H,3-6,11-12H2,1-2H3,(H2,28,32)(H,30,34)/b13-10+,27-9?/t14-/m0/s1. The summed E-state index contributed by atoms with van der Waals surface area (Å²) in [6.45, 7) is 1.65. The zero-order valence-electron chi connectivity index (χ0n) is 19.6. The first-order valence-corrected chi connectivity index (χ1v) is 11.2. The van der Waals surface area contributed by atoms with Crippen molar-refractivity contribution in [2.24, 2.45) is 0 Å². The van der Waals surface area contributed by atoms with Crippen molar-refractivity contribution in [1.29, 1.82) is 10.8 Å². The highest BCUT2D eigenvalue weighted by Gasteiger charge is 2.28. The Bertz CT molecular complexity index is 1040. The molecule has 0 aliphatic carbocycles. The summed E-state index contributed by atoms with van der Waals surface area (Å²) in [5.41, 5.74) is 0.361. The fraction of sp³-hybridized carbons (Fsp3) is 0.435. The third-order valence-electron chi connectivity index (χ3n) is 5.86. The topological polar surface area (TPSA) is 125 Å². The first-order chi connectivity index (χ1) is 16.8. The zero-order valence-corrected chi connectivity index (χ0v) is 19.6. The molecule has 0 spiro atoms. The number of amidine groups is 1. The molecule has 0 saturated carbocycles. The highest BCUT2D eigenvalue weighted by molar-refractivity contribution is 6.10. The van der Waals surface area contributed by atoms with Gasteiger partial charge in [0.15, 0.2) is 0 Å². The normalized spacial score (nSPS) is 18.5. The highest BCUT2D eigenvalue weighted by Crippen LogP contribution is 2.32. The molecule has 0 bridgehead atoms. The van der Waals surface area contributed by atoms with Crippen molar-refractivity contribution >= 4 is 29.3 Å². The molecule has 3 rings (SSSR count). The fourth-order valence-corrected chi connectivity index (χ4v) is 4.06. The van der Waals surface area contributed by atoms with E-state index in [-0.39, 0.29) is 41.3 Å². The number of allylic oxidation sites excluding steroid dienone is 1. The van der Waals surface area contributed by atoms with Crippen molar-refractivity contribution in [3.63, 3.8) is 0 Å². The van der Waals surface area contributed by atoms with E-state index in [9.17, 15) is 18.0 Å². The minimum absolute atomic E-state index is 0.0549. The second-order valence-corrected chi connectivity index (χ2v) is 8.14. The fourth-order valence-electron chi connectivity index (χ4n) is 4.06. The van der Waals surface area contributed by atoms with Crippen LogP contribution in [0.1, 0.15) is 30.4 Å². The Morgan fingerprint density at radius 1 is 1.31 bits per heavy atom. The number of urea groups is 1. The van der Waals surface area contributed by atoms with Crippen LogP contribution in [0.3, 0.4) is 0 Å². The van der Waals surface area contributed by atoms with Crippen LogP contribution in [0.4, 0.5) is 23.7 Å². The van der Waals surface area contributed by atoms with Crippen molar-refractivity contribution in [1.82, 2.24) is 20.9 Å². The molecule has 1 saturated heterocycles. The lowest BCUT2D eigenvalue weighted by Gasteiger charge is -2.32. The maximum absolute atomic E-state index is 15.0. The molecule has 190 valence electrons. The number of alkyl halides is 2. The molecule has 6 N–H and O–H groups in total. The van der Waals surface area contributed by atoms with E-state index >= 15 is 0 Å². The molecule has 0 radical (unpaired) electrons. The molecule has 35 heavy (non-hydrogen) atoms. The third kappa shape index (κ3) is 6.13. The van der Waals surface area contributed by atoms with E-state index in [1.165, 1.54) is 18.1 Å². The number of benzene rings is 1. The molecular weight excluding hydrogens is 463 g/mol. The first kappa shape index (κ1) is 26.1. The van der Waals surface area contributed by atoms with Gasteiger partial charge in [-0.15, -0.1) is 0 Å². The number of rotatable bonds is 8. The van der Waals surface area contributed by atoms with E-state index in [0.29, 0.717) is 31.8 Å². The number of ether oxygens (including phenoxy) is 1. The van der Waals surface area contributed by atoms with Crippen molar-refractivity contribution in [2.45, 2.75) is 25.3 Å². The van der Waals surface area contributed by atoms with Crippen LogP contribution < -0.4 is 21.3 Å². The number of anilines is 1. The molecule has 0 aromatic heterocycles. The molecule has 2 aliphatic rings. The highest BCUT2D eigenvalue weighted by atomic mass is 19.3. The van der Waals surface area contributed by atoms with E-state index in [4.69, 9.17) is 15.6 Å². The minimum atomic E-state index is -2.93. The van der Waals surface area contributed by atoms with Gasteiger partial charge in [0.25, 0.3) is 6.43 Å². The Morgan fingerprint density at radius 2 is 2.09 bits per heavy atom. The molecule has 9 nitrogen and oxygen atoms in total. The summed E-state index contributed by atoms with van der Waals surface area (Å²) < 4.78 is 48.0. The molecule has 0 unspecified atom stereocenters. The van der Waals surface area contributed by atoms with Crippen LogP contribution in [0.2, 0.25) is 0 Å². The van der Waals surface area contributed by atoms with Crippen LogP contribution in [0.25, 0.3) is 5.57 Å². The average molecular weight is 494 g/mol. The van der Waals surface area contributed by atoms with Crippen LogP contribution in [0, 0.1) is 16.6 Å². The van der Waals surface area contributed by atoms with Gasteiger partial charge in [-0.3, -0.25) is 5.41 Å². The van der Waals surface area contributed by atoms with Crippen molar-refractivity contribution < 1.29 is 22.7 Å². The number of halogens is 3. The van der Waals surface area contributed by atoms with E-state index in [1.54, 1.807) is 7.05 Å². The molecular formula is C23H30F3N7O2. The summed E-state index contributed by atoms with van der Waals surface area (Å²) in [4.78, 5) is 13.7. The van der Waals surface area contributed by atoms with Crippen molar-refractivity contribution in [2.75, 3.05) is 45.7 Å². The van der Waals surface area contributed by atoms with Gasteiger partial charge in [-0.05, 0) is 24.1 Å². The van der Waals surface area contributed by atoms with Crippen LogP contribution in [0.15, 0.2) is 29.6 Å². The maximum Gasteiger partial charge on any atom is 0.317 e.